The average molecular weight is 449 g/mol. The summed E-state index contributed by atoms with van der Waals surface area (Å²) in [5.74, 6) is 0. The molecule has 2 rings (SSSR count). The average Bonchev–Trinajstić information content (AvgIpc) is 2.48. The van der Waals surface area contributed by atoms with Gasteiger partial charge in [0.15, 0.2) is 0 Å². The Hall–Kier alpha value is 1.79. The first-order valence-electron chi connectivity index (χ1n) is 7.62. The van der Waals surface area contributed by atoms with Crippen LogP contribution in [0.15, 0.2) is 40.1 Å². The second-order valence-electron chi connectivity index (χ2n) is 5.66. The topological polar surface area (TPSA) is 114 Å². The van der Waals surface area contributed by atoms with Gasteiger partial charge < -0.3 is 9.11 Å². The molecule has 0 aliphatic heterocycles. The number of hydrogen-bond donors (Lipinski definition) is 0. The van der Waals surface area contributed by atoms with Gasteiger partial charge in [0.25, 0.3) is 0 Å². The molecule has 0 aliphatic carbocycles. The van der Waals surface area contributed by atoms with Gasteiger partial charge in [-0.25, -0.2) is 16.8 Å². The molecule has 0 atom stereocenters. The number of rotatable bonds is 7. The summed E-state index contributed by atoms with van der Waals surface area (Å²) in [4.78, 5) is -1.00. The van der Waals surface area contributed by atoms with E-state index in [0.717, 1.165) is 31.7 Å². The molecule has 2 aromatic carbocycles. The SMILES string of the molecule is CCCCCCc1cc(S(=O)(=O)[O-])c2cccc(S(=O)(=O)[O-])c2c1.[K+].[K+]. The van der Waals surface area contributed by atoms with Crippen LogP contribution in [0.2, 0.25) is 0 Å². The van der Waals surface area contributed by atoms with E-state index in [0.29, 0.717) is 12.0 Å². The molecule has 2 aromatic rings. The third-order valence-electron chi connectivity index (χ3n) is 3.84. The van der Waals surface area contributed by atoms with Gasteiger partial charge in [0.1, 0.15) is 20.2 Å². The smallest absolute Gasteiger partial charge is 0.744 e. The van der Waals surface area contributed by atoms with Crippen LogP contribution in [0.25, 0.3) is 10.8 Å². The molecule has 0 unspecified atom stereocenters. The number of benzene rings is 2. The van der Waals surface area contributed by atoms with Crippen molar-refractivity contribution in [2.24, 2.45) is 0 Å². The maximum atomic E-state index is 11.6. The van der Waals surface area contributed by atoms with Crippen LogP contribution in [-0.4, -0.2) is 25.9 Å². The summed E-state index contributed by atoms with van der Waals surface area (Å²) in [5.41, 5.74) is 0.532. The van der Waals surface area contributed by atoms with Crippen LogP contribution >= 0.6 is 0 Å². The van der Waals surface area contributed by atoms with Gasteiger partial charge in [0.05, 0.1) is 9.79 Å². The van der Waals surface area contributed by atoms with Crippen LogP contribution in [0.5, 0.6) is 0 Å². The van der Waals surface area contributed by atoms with Crippen molar-refractivity contribution in [2.75, 3.05) is 0 Å². The number of aryl methyl sites for hydroxylation is 1. The van der Waals surface area contributed by atoms with E-state index < -0.39 is 30.0 Å². The molecule has 10 heteroatoms. The molecule has 0 spiro atoms. The Balaban J connectivity index is 0.00000312. The van der Waals surface area contributed by atoms with E-state index in [9.17, 15) is 25.9 Å². The number of hydrogen-bond acceptors (Lipinski definition) is 6. The first-order valence-corrected chi connectivity index (χ1v) is 10.4. The minimum atomic E-state index is -4.80. The summed E-state index contributed by atoms with van der Waals surface area (Å²) in [7, 11) is -9.58. The summed E-state index contributed by atoms with van der Waals surface area (Å²) in [6.45, 7) is 2.06. The molecule has 0 N–H and O–H groups in total. The Morgan fingerprint density at radius 2 is 1.42 bits per heavy atom. The maximum absolute atomic E-state index is 11.6. The first-order chi connectivity index (χ1) is 11.1. The van der Waals surface area contributed by atoms with E-state index in [1.807, 2.05) is 0 Å². The Labute approximate surface area is 239 Å². The maximum Gasteiger partial charge on any atom is 1.00 e. The van der Waals surface area contributed by atoms with Gasteiger partial charge >= 0.3 is 103 Å². The molecule has 0 bridgehead atoms. The van der Waals surface area contributed by atoms with Crippen LogP contribution in [-0.2, 0) is 26.7 Å². The van der Waals surface area contributed by atoms with Gasteiger partial charge in [0, 0.05) is 10.8 Å². The molecular weight excluding hydrogens is 431 g/mol. The van der Waals surface area contributed by atoms with Crippen LogP contribution in [0, 0.1) is 0 Å². The second kappa shape index (κ2) is 11.8. The van der Waals surface area contributed by atoms with Gasteiger partial charge in [-0.2, -0.15) is 0 Å². The molecule has 0 saturated carbocycles. The molecule has 0 radical (unpaired) electrons. The Kier molecular flexibility index (Phi) is 12.7. The zero-order valence-corrected chi connectivity index (χ0v) is 23.1. The van der Waals surface area contributed by atoms with Crippen LogP contribution < -0.4 is 103 Å². The van der Waals surface area contributed by atoms with Gasteiger partial charge in [-0.1, -0.05) is 38.3 Å². The van der Waals surface area contributed by atoms with Crippen molar-refractivity contribution in [3.8, 4) is 0 Å². The van der Waals surface area contributed by atoms with Crippen molar-refractivity contribution >= 4 is 31.0 Å². The standard InChI is InChI=1S/C16H20O6S2.2K/c1-2-3-4-5-7-12-10-14-13(16(11-12)24(20,21)22)8-6-9-15(14)23(17,18)19;;/h6,8-11H,2-5,7H2,1H3,(H,17,18,19)(H,20,21,22);;/q;2*+1/p-2. The van der Waals surface area contributed by atoms with Gasteiger partial charge in [0.2, 0.25) is 0 Å². The van der Waals surface area contributed by atoms with Crippen molar-refractivity contribution in [2.45, 2.75) is 48.8 Å². The van der Waals surface area contributed by atoms with E-state index in [1.54, 1.807) is 0 Å². The van der Waals surface area contributed by atoms with Crippen molar-refractivity contribution in [1.29, 1.82) is 0 Å². The van der Waals surface area contributed by atoms with Gasteiger partial charge in [-0.15, -0.1) is 0 Å². The number of unbranched alkanes of at least 4 members (excludes halogenated alkanes) is 3. The fourth-order valence-corrected chi connectivity index (χ4v) is 4.13. The zero-order valence-electron chi connectivity index (χ0n) is 15.2. The Morgan fingerprint density at radius 1 is 0.808 bits per heavy atom. The van der Waals surface area contributed by atoms with E-state index >= 15 is 0 Å². The third-order valence-corrected chi connectivity index (χ3v) is 5.61. The second-order valence-corrected chi connectivity index (χ2v) is 8.36. The Morgan fingerprint density at radius 3 is 1.96 bits per heavy atom. The molecule has 0 amide bonds. The molecule has 0 aromatic heterocycles. The summed E-state index contributed by atoms with van der Waals surface area (Å²) >= 11 is 0. The first kappa shape index (κ1) is 27.8. The van der Waals surface area contributed by atoms with Crippen LogP contribution in [0.3, 0.4) is 0 Å². The van der Waals surface area contributed by atoms with Crippen LogP contribution in [0.4, 0.5) is 0 Å². The van der Waals surface area contributed by atoms with Crippen molar-refractivity contribution in [1.82, 2.24) is 0 Å². The molecular formula is C16H18K2O6S2. The molecule has 26 heavy (non-hydrogen) atoms. The zero-order chi connectivity index (χ0) is 18.0. The third kappa shape index (κ3) is 7.56. The van der Waals surface area contributed by atoms with E-state index in [-0.39, 0.29) is 114 Å². The summed E-state index contributed by atoms with van der Waals surface area (Å²) in [6.07, 6.45) is 4.29. The van der Waals surface area contributed by atoms with E-state index in [4.69, 9.17) is 0 Å². The summed E-state index contributed by atoms with van der Waals surface area (Å²) < 4.78 is 69.0. The molecule has 0 saturated heterocycles. The predicted molar refractivity (Wildman–Crippen MR) is 87.7 cm³/mol. The monoisotopic (exact) mass is 448 g/mol. The summed E-state index contributed by atoms with van der Waals surface area (Å²) in [5, 5.41) is -0.0610. The molecule has 0 aliphatic rings. The fourth-order valence-electron chi connectivity index (χ4n) is 2.71. The van der Waals surface area contributed by atoms with Gasteiger partial charge in [-0.3, -0.25) is 0 Å². The van der Waals surface area contributed by atoms with Gasteiger partial charge in [-0.05, 0) is 36.6 Å². The molecule has 6 nitrogen and oxygen atoms in total. The van der Waals surface area contributed by atoms with E-state index in [1.165, 1.54) is 24.3 Å². The molecule has 0 heterocycles. The Bertz CT molecular complexity index is 956. The minimum Gasteiger partial charge on any atom is -0.744 e. The largest absolute Gasteiger partial charge is 1.00 e. The van der Waals surface area contributed by atoms with Crippen molar-refractivity contribution in [3.05, 3.63) is 35.9 Å². The van der Waals surface area contributed by atoms with E-state index in [2.05, 4.69) is 6.92 Å². The van der Waals surface area contributed by atoms with Crippen LogP contribution in [0.1, 0.15) is 38.2 Å². The molecule has 0 fully saturated rings. The quantitative estimate of drug-likeness (QED) is 0.250. The predicted octanol–water partition coefficient (Wildman–Crippen LogP) is -3.22. The minimum absolute atomic E-state index is 0. The van der Waals surface area contributed by atoms with Crippen molar-refractivity contribution < 1.29 is 129 Å². The number of fused-ring (bicyclic) bond motifs is 1. The van der Waals surface area contributed by atoms with Crippen molar-refractivity contribution in [3.63, 3.8) is 0 Å². The normalized spacial score (nSPS) is 11.7. The molecule has 132 valence electrons. The summed E-state index contributed by atoms with van der Waals surface area (Å²) in [6, 6.07) is 6.46. The fraction of sp³-hybridized carbons (Fsp3) is 0.375.